The lowest BCUT2D eigenvalue weighted by molar-refractivity contribution is 0.426. The van der Waals surface area contributed by atoms with Gasteiger partial charge in [0.05, 0.1) is 0 Å². The lowest BCUT2D eigenvalue weighted by Crippen LogP contribution is -2.29. The first-order valence-corrected chi connectivity index (χ1v) is 7.06. The summed E-state index contributed by atoms with van der Waals surface area (Å²) in [5.74, 6) is 0. The molecule has 0 radical (unpaired) electrons. The first-order valence-electron chi connectivity index (χ1n) is 5.45. The highest BCUT2D eigenvalue weighted by Crippen LogP contribution is 2.06. The van der Waals surface area contributed by atoms with E-state index < -0.39 is 9.28 Å². The first kappa shape index (κ1) is 11.8. The van der Waals surface area contributed by atoms with E-state index >= 15 is 0 Å². The van der Waals surface area contributed by atoms with Crippen LogP contribution in [0.5, 0.6) is 0 Å². The van der Waals surface area contributed by atoms with Crippen molar-refractivity contribution in [1.29, 1.82) is 0 Å². The summed E-state index contributed by atoms with van der Waals surface area (Å²) in [5.41, 5.74) is 2.19. The van der Waals surface area contributed by atoms with Gasteiger partial charge in [-0.2, -0.15) is 0 Å². The van der Waals surface area contributed by atoms with Crippen molar-refractivity contribution in [3.63, 3.8) is 0 Å². The van der Waals surface area contributed by atoms with Crippen LogP contribution in [-0.2, 0) is 0 Å². The van der Waals surface area contributed by atoms with Crippen LogP contribution in [0.4, 0.5) is 0 Å². The normalized spacial score (nSPS) is 11.2. The molecule has 0 bridgehead atoms. The van der Waals surface area contributed by atoms with E-state index in [9.17, 15) is 0 Å². The van der Waals surface area contributed by atoms with Crippen molar-refractivity contribution in [1.82, 2.24) is 0 Å². The van der Waals surface area contributed by atoms with Gasteiger partial charge in [0.15, 0.2) is 0 Å². The molecule has 3 heteroatoms. The van der Waals surface area contributed by atoms with Gasteiger partial charge in [-0.05, 0) is 16.3 Å². The van der Waals surface area contributed by atoms with Gasteiger partial charge in [0.1, 0.15) is 0 Å². The monoisotopic (exact) mass is 242 g/mol. The summed E-state index contributed by atoms with van der Waals surface area (Å²) in [6.45, 7) is 0. The second kappa shape index (κ2) is 5.59. The summed E-state index contributed by atoms with van der Waals surface area (Å²) in [4.78, 5) is 18.2. The van der Waals surface area contributed by atoms with Crippen molar-refractivity contribution in [2.24, 2.45) is 0 Å². The minimum absolute atomic E-state index is 0.641. The molecule has 0 aliphatic carbocycles. The molecule has 2 rings (SSSR count). The Bertz CT molecular complexity index is 489. The lowest BCUT2D eigenvalue weighted by Gasteiger charge is -2.01. The van der Waals surface area contributed by atoms with Crippen LogP contribution in [0.1, 0.15) is 11.1 Å². The van der Waals surface area contributed by atoms with E-state index in [1.807, 2.05) is 54.6 Å². The van der Waals surface area contributed by atoms with Crippen LogP contribution >= 0.6 is 0 Å². The van der Waals surface area contributed by atoms with Crippen LogP contribution in [0.25, 0.3) is 12.2 Å². The molecule has 0 aliphatic heterocycles. The molecule has 0 aromatic heterocycles. The van der Waals surface area contributed by atoms with Crippen molar-refractivity contribution in [2.45, 2.75) is 0 Å². The van der Waals surface area contributed by atoms with E-state index in [1.165, 1.54) is 0 Å². The van der Waals surface area contributed by atoms with Gasteiger partial charge in [0.25, 0.3) is 0 Å². The van der Waals surface area contributed by atoms with Gasteiger partial charge >= 0.3 is 9.28 Å². The molecule has 2 nitrogen and oxygen atoms in total. The van der Waals surface area contributed by atoms with Gasteiger partial charge in [0, 0.05) is 0 Å². The molecule has 0 saturated heterocycles. The van der Waals surface area contributed by atoms with Gasteiger partial charge in [-0.3, -0.25) is 0 Å². The van der Waals surface area contributed by atoms with E-state index in [4.69, 9.17) is 9.59 Å². The third-order valence-electron chi connectivity index (χ3n) is 2.50. The molecule has 2 N–H and O–H groups in total. The molecule has 0 amide bonds. The SMILES string of the molecule is O[SiH](O)c1ccc(C=Cc2ccccc2)cc1. The fourth-order valence-corrected chi connectivity index (χ4v) is 2.07. The van der Waals surface area contributed by atoms with E-state index in [2.05, 4.69) is 0 Å². The summed E-state index contributed by atoms with van der Waals surface area (Å²) >= 11 is 0. The molecule has 0 spiro atoms. The van der Waals surface area contributed by atoms with Gasteiger partial charge in [0.2, 0.25) is 0 Å². The van der Waals surface area contributed by atoms with Gasteiger partial charge in [-0.25, -0.2) is 0 Å². The second-order valence-corrected chi connectivity index (χ2v) is 5.20. The van der Waals surface area contributed by atoms with E-state index in [0.29, 0.717) is 5.19 Å². The fraction of sp³-hybridized carbons (Fsp3) is 0. The van der Waals surface area contributed by atoms with Gasteiger partial charge in [-0.15, -0.1) is 0 Å². The van der Waals surface area contributed by atoms with Crippen molar-refractivity contribution >= 4 is 26.6 Å². The van der Waals surface area contributed by atoms with Crippen LogP contribution in [0.15, 0.2) is 54.6 Å². The molecule has 0 heterocycles. The highest BCUT2D eigenvalue weighted by atomic mass is 28.3. The highest BCUT2D eigenvalue weighted by molar-refractivity contribution is 6.58. The molecular formula is C14H14O2Si. The second-order valence-electron chi connectivity index (χ2n) is 3.78. The number of benzene rings is 2. The molecule has 86 valence electrons. The minimum Gasteiger partial charge on any atom is -0.410 e. The first-order chi connectivity index (χ1) is 8.25. The van der Waals surface area contributed by atoms with Crippen LogP contribution < -0.4 is 5.19 Å². The molecule has 0 unspecified atom stereocenters. The van der Waals surface area contributed by atoms with E-state index in [1.54, 1.807) is 12.1 Å². The predicted molar refractivity (Wildman–Crippen MR) is 73.0 cm³/mol. The third kappa shape index (κ3) is 3.39. The van der Waals surface area contributed by atoms with Crippen LogP contribution in [0.3, 0.4) is 0 Å². The Labute approximate surface area is 102 Å². The van der Waals surface area contributed by atoms with E-state index in [0.717, 1.165) is 11.1 Å². The zero-order valence-electron chi connectivity index (χ0n) is 9.32. The maximum absolute atomic E-state index is 9.10. The maximum Gasteiger partial charge on any atom is 0.350 e. The Balaban J connectivity index is 2.12. The van der Waals surface area contributed by atoms with Gasteiger partial charge < -0.3 is 9.59 Å². The Morgan fingerprint density at radius 1 is 0.706 bits per heavy atom. The smallest absolute Gasteiger partial charge is 0.350 e. The van der Waals surface area contributed by atoms with Crippen molar-refractivity contribution in [2.75, 3.05) is 0 Å². The molecule has 0 atom stereocenters. The largest absolute Gasteiger partial charge is 0.410 e. The standard InChI is InChI=1S/C14H14O2Si/c15-17(16)14-10-8-13(9-11-14)7-6-12-4-2-1-3-5-12/h1-11,15-17H. The minimum atomic E-state index is -2.65. The summed E-state index contributed by atoms with van der Waals surface area (Å²) in [5, 5.41) is 0.641. The Morgan fingerprint density at radius 2 is 1.24 bits per heavy atom. The zero-order valence-corrected chi connectivity index (χ0v) is 10.5. The zero-order chi connectivity index (χ0) is 12.1. The molecule has 2 aromatic carbocycles. The molecule has 0 saturated carbocycles. The number of hydrogen-bond donors (Lipinski definition) is 2. The Hall–Kier alpha value is -1.68. The number of rotatable bonds is 3. The topological polar surface area (TPSA) is 40.5 Å². The third-order valence-corrected chi connectivity index (χ3v) is 3.48. The average molecular weight is 242 g/mol. The summed E-state index contributed by atoms with van der Waals surface area (Å²) in [7, 11) is -2.65. The number of hydrogen-bond acceptors (Lipinski definition) is 2. The van der Waals surface area contributed by atoms with Crippen LogP contribution in [0.2, 0.25) is 0 Å². The molecule has 17 heavy (non-hydrogen) atoms. The Kier molecular flexibility index (Phi) is 3.88. The molecule has 2 aromatic rings. The van der Waals surface area contributed by atoms with E-state index in [-0.39, 0.29) is 0 Å². The van der Waals surface area contributed by atoms with Gasteiger partial charge in [-0.1, -0.05) is 66.7 Å². The van der Waals surface area contributed by atoms with Crippen LogP contribution in [0, 0.1) is 0 Å². The predicted octanol–water partition coefficient (Wildman–Crippen LogP) is 1.27. The summed E-state index contributed by atoms with van der Waals surface area (Å²) < 4.78 is 0. The highest BCUT2D eigenvalue weighted by Gasteiger charge is 2.04. The van der Waals surface area contributed by atoms with Crippen molar-refractivity contribution < 1.29 is 9.59 Å². The average Bonchev–Trinajstić information content (AvgIpc) is 2.38. The van der Waals surface area contributed by atoms with Crippen LogP contribution in [-0.4, -0.2) is 18.9 Å². The quantitative estimate of drug-likeness (QED) is 0.628. The fourth-order valence-electron chi connectivity index (χ4n) is 1.54. The molecule has 0 fully saturated rings. The molecular weight excluding hydrogens is 228 g/mol. The lowest BCUT2D eigenvalue weighted by atomic mass is 10.1. The van der Waals surface area contributed by atoms with Crippen molar-refractivity contribution in [3.8, 4) is 0 Å². The van der Waals surface area contributed by atoms with Crippen molar-refractivity contribution in [3.05, 3.63) is 65.7 Å². The molecule has 0 aliphatic rings. The summed E-state index contributed by atoms with van der Waals surface area (Å²) in [6.07, 6.45) is 4.03. The summed E-state index contributed by atoms with van der Waals surface area (Å²) in [6, 6.07) is 17.4. The maximum atomic E-state index is 9.10. The Morgan fingerprint density at radius 3 is 1.76 bits per heavy atom.